The van der Waals surface area contributed by atoms with Gasteiger partial charge in [0.2, 0.25) is 5.88 Å². The van der Waals surface area contributed by atoms with Crippen LogP contribution in [0.1, 0.15) is 79.7 Å². The number of aliphatic hydroxyl groups is 1. The van der Waals surface area contributed by atoms with Crippen LogP contribution in [0, 0.1) is 17.9 Å². The molecule has 221 valence electrons. The number of ketones is 1. The monoisotopic (exact) mass is 731 g/mol. The van der Waals surface area contributed by atoms with E-state index in [2.05, 4.69) is 74.3 Å². The molecule has 41 heavy (non-hydrogen) atoms. The first-order valence-electron chi connectivity index (χ1n) is 14.5. The van der Waals surface area contributed by atoms with E-state index in [1.165, 1.54) is 22.4 Å². The Balaban J connectivity index is 0.000000320. The molecule has 0 amide bonds. The van der Waals surface area contributed by atoms with Crippen molar-refractivity contribution < 1.29 is 34.7 Å². The van der Waals surface area contributed by atoms with E-state index in [4.69, 9.17) is 4.74 Å². The zero-order valence-electron chi connectivity index (χ0n) is 25.5. The number of hydrogen-bond acceptors (Lipinski definition) is 4. The van der Waals surface area contributed by atoms with Gasteiger partial charge in [-0.15, -0.1) is 17.7 Å². The topological polar surface area (TPSA) is 59.4 Å². The van der Waals surface area contributed by atoms with Gasteiger partial charge in [0.1, 0.15) is 0 Å². The van der Waals surface area contributed by atoms with Crippen LogP contribution in [-0.2, 0) is 30.3 Å². The van der Waals surface area contributed by atoms with E-state index < -0.39 is 0 Å². The van der Waals surface area contributed by atoms with Crippen molar-refractivity contribution in [3.63, 3.8) is 0 Å². The zero-order valence-corrected chi connectivity index (χ0v) is 27.9. The third kappa shape index (κ3) is 9.24. The summed E-state index contributed by atoms with van der Waals surface area (Å²) < 4.78 is 6.00. The normalized spacial score (nSPS) is 11.8. The van der Waals surface area contributed by atoms with Crippen molar-refractivity contribution in [2.45, 2.75) is 79.6 Å². The summed E-state index contributed by atoms with van der Waals surface area (Å²) in [7, 11) is 0. The van der Waals surface area contributed by atoms with Gasteiger partial charge in [0.05, 0.1) is 5.76 Å². The van der Waals surface area contributed by atoms with Gasteiger partial charge in [-0.1, -0.05) is 84.9 Å². The molecule has 0 spiro atoms. The Hall–Kier alpha value is -3.01. The fraction of sp³-hybridized carbons (Fsp3) is 0.389. The van der Waals surface area contributed by atoms with Gasteiger partial charge in [-0.3, -0.25) is 4.79 Å². The third-order valence-electron chi connectivity index (χ3n) is 7.54. The molecule has 0 aliphatic carbocycles. The third-order valence-corrected chi connectivity index (χ3v) is 7.54. The molecule has 4 rings (SSSR count). The van der Waals surface area contributed by atoms with Gasteiger partial charge in [0, 0.05) is 61.4 Å². The molecular formula is C36H44IrNO3-. The van der Waals surface area contributed by atoms with Crippen molar-refractivity contribution in [3.05, 3.63) is 90.3 Å². The minimum Gasteiger partial charge on any atom is -0.512 e. The minimum atomic E-state index is 0. The van der Waals surface area contributed by atoms with E-state index in [1.54, 1.807) is 0 Å². The molecule has 0 aliphatic rings. The number of rotatable bonds is 9. The number of ether oxygens (including phenoxy) is 1. The maximum Gasteiger partial charge on any atom is 0.217 e. The molecule has 1 aromatic heterocycles. The summed E-state index contributed by atoms with van der Waals surface area (Å²) in [5, 5.41) is 14.4. The van der Waals surface area contributed by atoms with Crippen LogP contribution in [-0.4, -0.2) is 15.9 Å². The number of aliphatic hydroxyl groups excluding tert-OH is 1. The summed E-state index contributed by atoms with van der Waals surface area (Å²) in [6, 6.07) is 23.8. The standard InChI is InChI=1S/C23H20NO.C13H24O2.Ir/c1-23(2,3)18-8-6-9-19(13-18)25-22-14-21-17(15-24-22)12-11-16-7-4-5-10-20(16)21;1-5-10(6-2)12(14)9-13(15)11(7-3)8-4;/h4-8,10-15H,1-3H3;9-11,14H,5-8H2,1-4H3;/q-1;;/b;12-9-;. The van der Waals surface area contributed by atoms with Crippen molar-refractivity contribution in [3.8, 4) is 11.6 Å². The Morgan fingerprint density at radius 3 is 2.17 bits per heavy atom. The molecule has 0 saturated heterocycles. The van der Waals surface area contributed by atoms with Crippen LogP contribution in [0.25, 0.3) is 21.5 Å². The molecule has 4 aromatic rings. The first-order valence-corrected chi connectivity index (χ1v) is 14.5. The Kier molecular flexibility index (Phi) is 13.2. The van der Waals surface area contributed by atoms with Crippen molar-refractivity contribution in [1.82, 2.24) is 4.98 Å². The minimum absolute atomic E-state index is 0. The second-order valence-corrected chi connectivity index (χ2v) is 11.3. The van der Waals surface area contributed by atoms with Gasteiger partial charge in [0.25, 0.3) is 0 Å². The molecule has 0 atom stereocenters. The summed E-state index contributed by atoms with van der Waals surface area (Å²) in [5.74, 6) is 1.83. The molecule has 1 N–H and O–H groups in total. The van der Waals surface area contributed by atoms with Crippen molar-refractivity contribution >= 4 is 27.3 Å². The van der Waals surface area contributed by atoms with Gasteiger partial charge < -0.3 is 9.84 Å². The molecule has 3 aromatic carbocycles. The molecule has 0 fully saturated rings. The first-order chi connectivity index (χ1) is 19.1. The van der Waals surface area contributed by atoms with Crippen LogP contribution in [0.4, 0.5) is 0 Å². The Morgan fingerprint density at radius 2 is 1.54 bits per heavy atom. The predicted octanol–water partition coefficient (Wildman–Crippen LogP) is 10.1. The number of allylic oxidation sites excluding steroid dienone is 2. The van der Waals surface area contributed by atoms with Crippen LogP contribution in [0.15, 0.2) is 78.7 Å². The molecule has 1 heterocycles. The van der Waals surface area contributed by atoms with Crippen molar-refractivity contribution in [2.24, 2.45) is 11.8 Å². The summed E-state index contributed by atoms with van der Waals surface area (Å²) in [5.41, 5.74) is 1.28. The fourth-order valence-electron chi connectivity index (χ4n) is 4.80. The van der Waals surface area contributed by atoms with Crippen LogP contribution in [0.2, 0.25) is 0 Å². The van der Waals surface area contributed by atoms with Crippen molar-refractivity contribution in [1.29, 1.82) is 0 Å². The van der Waals surface area contributed by atoms with E-state index in [0.717, 1.165) is 36.5 Å². The first kappa shape index (κ1) is 34.2. The molecule has 0 aliphatic heterocycles. The molecule has 5 heteroatoms. The number of carbonyl (C=O) groups is 1. The van der Waals surface area contributed by atoms with Crippen LogP contribution in [0.5, 0.6) is 11.6 Å². The van der Waals surface area contributed by atoms with Crippen LogP contribution in [0.3, 0.4) is 0 Å². The average molecular weight is 731 g/mol. The SMILES string of the molecule is CC(C)(C)c1cc[c-]c(Oc2cc3c(ccc4ccccc43)cn2)c1.CCC(CC)C(=O)/C=C(\O)C(CC)CC.[Ir]. The van der Waals surface area contributed by atoms with E-state index in [9.17, 15) is 9.90 Å². The maximum atomic E-state index is 11.7. The second-order valence-electron chi connectivity index (χ2n) is 11.3. The Morgan fingerprint density at radius 1 is 0.902 bits per heavy atom. The van der Waals surface area contributed by atoms with Gasteiger partial charge >= 0.3 is 0 Å². The maximum absolute atomic E-state index is 11.7. The summed E-state index contributed by atoms with van der Waals surface area (Å²) >= 11 is 0. The number of hydrogen-bond donors (Lipinski definition) is 1. The second kappa shape index (κ2) is 15.8. The number of pyridine rings is 1. The summed E-state index contributed by atoms with van der Waals surface area (Å²) in [6.45, 7) is 14.6. The number of carbonyl (C=O) groups excluding carboxylic acids is 1. The molecule has 0 bridgehead atoms. The largest absolute Gasteiger partial charge is 0.512 e. The van der Waals surface area contributed by atoms with Crippen LogP contribution >= 0.6 is 0 Å². The van der Waals surface area contributed by atoms with Gasteiger partial charge in [0.15, 0.2) is 5.78 Å². The predicted molar refractivity (Wildman–Crippen MR) is 167 cm³/mol. The Labute approximate surface area is 259 Å². The molecule has 0 saturated carbocycles. The molecule has 1 radical (unpaired) electrons. The van der Waals surface area contributed by atoms with Crippen molar-refractivity contribution in [2.75, 3.05) is 0 Å². The van der Waals surface area contributed by atoms with Gasteiger partial charge in [-0.25, -0.2) is 4.98 Å². The number of fused-ring (bicyclic) bond motifs is 3. The van der Waals surface area contributed by atoms with Gasteiger partial charge in [-0.05, 0) is 47.3 Å². The van der Waals surface area contributed by atoms with E-state index in [1.807, 2.05) is 52.1 Å². The van der Waals surface area contributed by atoms with E-state index in [0.29, 0.717) is 11.6 Å². The fourth-order valence-corrected chi connectivity index (χ4v) is 4.80. The quantitative estimate of drug-likeness (QED) is 0.0806. The summed E-state index contributed by atoms with van der Waals surface area (Å²) in [4.78, 5) is 16.2. The smallest absolute Gasteiger partial charge is 0.217 e. The molecule has 0 unspecified atom stereocenters. The number of aromatic nitrogens is 1. The van der Waals surface area contributed by atoms with E-state index in [-0.39, 0.29) is 48.9 Å². The Bertz CT molecular complexity index is 1450. The van der Waals surface area contributed by atoms with Gasteiger partial charge in [-0.2, -0.15) is 12.1 Å². The zero-order chi connectivity index (χ0) is 29.3. The van der Waals surface area contributed by atoms with E-state index >= 15 is 0 Å². The summed E-state index contributed by atoms with van der Waals surface area (Å²) in [6.07, 6.45) is 6.77. The molecular weight excluding hydrogens is 687 g/mol. The van der Waals surface area contributed by atoms with Crippen LogP contribution < -0.4 is 4.74 Å². The number of nitrogens with zero attached hydrogens (tertiary/aromatic N) is 1. The molecule has 4 nitrogen and oxygen atoms in total. The number of benzene rings is 3. The average Bonchev–Trinajstić information content (AvgIpc) is 2.94.